The molecule has 3 rings (SSSR count). The molecule has 0 bridgehead atoms. The highest BCUT2D eigenvalue weighted by molar-refractivity contribution is 5.94. The van der Waals surface area contributed by atoms with Gasteiger partial charge in [0.25, 0.3) is 5.91 Å². The van der Waals surface area contributed by atoms with Crippen LogP contribution in [0.3, 0.4) is 0 Å². The minimum Gasteiger partial charge on any atom is -0.339 e. The fourth-order valence-electron chi connectivity index (χ4n) is 4.03. The third kappa shape index (κ3) is 4.61. The maximum atomic E-state index is 12.4. The van der Waals surface area contributed by atoms with Crippen molar-refractivity contribution in [2.75, 3.05) is 26.2 Å². The van der Waals surface area contributed by atoms with Gasteiger partial charge in [-0.1, -0.05) is 18.2 Å². The minimum absolute atomic E-state index is 0.0952. The first-order valence-electron chi connectivity index (χ1n) is 10.6. The van der Waals surface area contributed by atoms with Gasteiger partial charge in [0, 0.05) is 48.1 Å². The van der Waals surface area contributed by atoms with Gasteiger partial charge >= 0.3 is 0 Å². The van der Waals surface area contributed by atoms with Gasteiger partial charge in [-0.25, -0.2) is 0 Å². The number of likely N-dealkylation sites (tertiary alicyclic amines) is 1. The summed E-state index contributed by atoms with van der Waals surface area (Å²) in [5, 5.41) is 0. The maximum absolute atomic E-state index is 12.4. The molecule has 2 aromatic rings. The van der Waals surface area contributed by atoms with Crippen molar-refractivity contribution in [1.82, 2.24) is 14.8 Å². The molecule has 1 aliphatic heterocycles. The lowest BCUT2D eigenvalue weighted by Gasteiger charge is -2.34. The van der Waals surface area contributed by atoms with Crippen LogP contribution >= 0.6 is 0 Å². The van der Waals surface area contributed by atoms with Crippen molar-refractivity contribution in [3.05, 3.63) is 53.9 Å². The topological polar surface area (TPSA) is 36.4 Å². The Hall–Kier alpha value is -2.20. The van der Waals surface area contributed by atoms with Gasteiger partial charge < -0.3 is 9.80 Å². The number of amides is 1. The first-order chi connectivity index (χ1) is 13.5. The summed E-state index contributed by atoms with van der Waals surface area (Å²) in [6, 6.07) is 12.9. The molecule has 1 aliphatic rings. The molecular weight excluding hydrogens is 346 g/mol. The number of pyridine rings is 1. The molecule has 1 aromatic carbocycles. The Balaban J connectivity index is 1.66. The highest BCUT2D eigenvalue weighted by Crippen LogP contribution is 2.29. The molecule has 4 heteroatoms. The molecule has 1 amide bonds. The van der Waals surface area contributed by atoms with Crippen LogP contribution in [0.15, 0.2) is 42.6 Å². The fourth-order valence-corrected chi connectivity index (χ4v) is 4.03. The van der Waals surface area contributed by atoms with Crippen molar-refractivity contribution < 1.29 is 4.79 Å². The summed E-state index contributed by atoms with van der Waals surface area (Å²) in [6.07, 6.45) is 4.35. The van der Waals surface area contributed by atoms with E-state index in [9.17, 15) is 4.79 Å². The van der Waals surface area contributed by atoms with E-state index in [4.69, 9.17) is 4.98 Å². The van der Waals surface area contributed by atoms with Gasteiger partial charge in [0.2, 0.25) is 0 Å². The molecule has 2 heterocycles. The third-order valence-corrected chi connectivity index (χ3v) is 5.98. The average Bonchev–Trinajstić information content (AvgIpc) is 2.75. The number of hydrogen-bond donors (Lipinski definition) is 0. The van der Waals surface area contributed by atoms with Gasteiger partial charge in [-0.3, -0.25) is 9.78 Å². The zero-order valence-electron chi connectivity index (χ0n) is 17.7. The van der Waals surface area contributed by atoms with Crippen molar-refractivity contribution in [2.24, 2.45) is 0 Å². The average molecular weight is 380 g/mol. The smallest absolute Gasteiger partial charge is 0.253 e. The molecule has 4 nitrogen and oxygen atoms in total. The Morgan fingerprint density at radius 3 is 2.14 bits per heavy atom. The van der Waals surface area contributed by atoms with E-state index in [1.807, 2.05) is 49.2 Å². The lowest BCUT2D eigenvalue weighted by Crippen LogP contribution is -2.37. The number of hydrogen-bond acceptors (Lipinski definition) is 3. The summed E-state index contributed by atoms with van der Waals surface area (Å²) in [7, 11) is 0. The molecule has 1 saturated heterocycles. The predicted molar refractivity (Wildman–Crippen MR) is 116 cm³/mol. The van der Waals surface area contributed by atoms with Crippen LogP contribution in [0.1, 0.15) is 62.5 Å². The number of nitrogens with zero attached hydrogens (tertiary/aromatic N) is 3. The van der Waals surface area contributed by atoms with E-state index in [0.717, 1.165) is 42.9 Å². The van der Waals surface area contributed by atoms with Gasteiger partial charge in [-0.05, 0) is 77.4 Å². The number of carbonyl (C=O) groups is 1. The molecule has 0 radical (unpaired) electrons. The van der Waals surface area contributed by atoms with Gasteiger partial charge in [0.05, 0.1) is 0 Å². The number of carbonyl (C=O) groups excluding carboxylic acids is 1. The second-order valence-corrected chi connectivity index (χ2v) is 7.93. The summed E-state index contributed by atoms with van der Waals surface area (Å²) in [4.78, 5) is 21.6. The molecule has 0 aliphatic carbocycles. The van der Waals surface area contributed by atoms with E-state index in [1.165, 1.54) is 18.5 Å². The van der Waals surface area contributed by atoms with Crippen LogP contribution in [-0.2, 0) is 0 Å². The summed E-state index contributed by atoms with van der Waals surface area (Å²) in [6.45, 7) is 12.4. The van der Waals surface area contributed by atoms with Crippen LogP contribution in [-0.4, -0.2) is 52.9 Å². The Labute approximate surface area is 169 Å². The molecule has 0 N–H and O–H groups in total. The molecule has 1 fully saturated rings. The van der Waals surface area contributed by atoms with E-state index >= 15 is 0 Å². The molecule has 0 unspecified atom stereocenters. The zero-order chi connectivity index (χ0) is 20.1. The quantitative estimate of drug-likeness (QED) is 0.722. The number of benzene rings is 1. The first kappa shape index (κ1) is 20.5. The lowest BCUT2D eigenvalue weighted by molar-refractivity contribution is 0.0773. The Bertz CT molecular complexity index is 755. The monoisotopic (exact) mass is 379 g/mol. The molecule has 0 saturated carbocycles. The van der Waals surface area contributed by atoms with Crippen molar-refractivity contribution in [3.8, 4) is 11.1 Å². The van der Waals surface area contributed by atoms with E-state index in [1.54, 1.807) is 0 Å². The second kappa shape index (κ2) is 9.33. The molecule has 1 aromatic heterocycles. The largest absolute Gasteiger partial charge is 0.339 e. The summed E-state index contributed by atoms with van der Waals surface area (Å²) < 4.78 is 0. The summed E-state index contributed by atoms with van der Waals surface area (Å²) >= 11 is 0. The van der Waals surface area contributed by atoms with Crippen molar-refractivity contribution >= 4 is 5.91 Å². The molecule has 0 atom stereocenters. The van der Waals surface area contributed by atoms with Crippen molar-refractivity contribution in [2.45, 2.75) is 52.5 Å². The van der Waals surface area contributed by atoms with Crippen LogP contribution in [0.25, 0.3) is 11.1 Å². The van der Waals surface area contributed by atoms with Gasteiger partial charge in [-0.15, -0.1) is 0 Å². The molecular formula is C24H33N3O. The van der Waals surface area contributed by atoms with Crippen molar-refractivity contribution in [3.63, 3.8) is 0 Å². The zero-order valence-corrected chi connectivity index (χ0v) is 17.7. The standard InChI is InChI=1S/C24H33N3O/c1-5-26(6-2)24(28)21-9-7-19(8-10-21)22-11-12-23(25-17-22)20-13-15-27(16-14-20)18(3)4/h7-12,17-18,20H,5-6,13-16H2,1-4H3. The van der Waals surface area contributed by atoms with Crippen LogP contribution in [0.5, 0.6) is 0 Å². The SMILES string of the molecule is CCN(CC)C(=O)c1ccc(-c2ccc(C3CCN(C(C)C)CC3)nc2)cc1. The van der Waals surface area contributed by atoms with E-state index in [2.05, 4.69) is 30.9 Å². The Morgan fingerprint density at radius 2 is 1.64 bits per heavy atom. The van der Waals surface area contributed by atoms with Crippen molar-refractivity contribution in [1.29, 1.82) is 0 Å². The highest BCUT2D eigenvalue weighted by Gasteiger charge is 2.22. The number of aromatic nitrogens is 1. The highest BCUT2D eigenvalue weighted by atomic mass is 16.2. The Kier molecular flexibility index (Phi) is 6.84. The van der Waals surface area contributed by atoms with Crippen LogP contribution < -0.4 is 0 Å². The van der Waals surface area contributed by atoms with Gasteiger partial charge in [0.1, 0.15) is 0 Å². The minimum atomic E-state index is 0.0952. The van der Waals surface area contributed by atoms with E-state index in [0.29, 0.717) is 12.0 Å². The van der Waals surface area contributed by atoms with Crippen LogP contribution in [0, 0.1) is 0 Å². The normalized spacial score (nSPS) is 15.8. The van der Waals surface area contributed by atoms with E-state index in [-0.39, 0.29) is 5.91 Å². The van der Waals surface area contributed by atoms with Gasteiger partial charge in [-0.2, -0.15) is 0 Å². The van der Waals surface area contributed by atoms with Crippen LogP contribution in [0.2, 0.25) is 0 Å². The van der Waals surface area contributed by atoms with Gasteiger partial charge in [0.15, 0.2) is 0 Å². The summed E-state index contributed by atoms with van der Waals surface area (Å²) in [5.41, 5.74) is 4.16. The predicted octanol–water partition coefficient (Wildman–Crippen LogP) is 4.82. The third-order valence-electron chi connectivity index (χ3n) is 5.98. The lowest BCUT2D eigenvalue weighted by atomic mass is 9.92. The molecule has 150 valence electrons. The first-order valence-corrected chi connectivity index (χ1v) is 10.6. The van der Waals surface area contributed by atoms with E-state index < -0.39 is 0 Å². The maximum Gasteiger partial charge on any atom is 0.253 e. The second-order valence-electron chi connectivity index (χ2n) is 7.93. The molecule has 28 heavy (non-hydrogen) atoms. The Morgan fingerprint density at radius 1 is 1.04 bits per heavy atom. The fraction of sp³-hybridized carbons (Fsp3) is 0.500. The number of rotatable bonds is 6. The molecule has 0 spiro atoms. The van der Waals surface area contributed by atoms with Crippen LogP contribution in [0.4, 0.5) is 0 Å². The number of piperidine rings is 1. The summed E-state index contributed by atoms with van der Waals surface area (Å²) in [5.74, 6) is 0.663.